The molecule has 0 saturated carbocycles. The lowest BCUT2D eigenvalue weighted by Gasteiger charge is -2.03. The number of hydrogen-bond donors (Lipinski definition) is 0. The first kappa shape index (κ1) is 16.8. The lowest BCUT2D eigenvalue weighted by atomic mass is 10.1. The minimum atomic E-state index is -0.170. The van der Waals surface area contributed by atoms with Gasteiger partial charge < -0.3 is 9.15 Å². The molecule has 0 atom stereocenters. The van der Waals surface area contributed by atoms with Crippen molar-refractivity contribution < 1.29 is 13.9 Å². The van der Waals surface area contributed by atoms with E-state index in [9.17, 15) is 4.79 Å². The molecule has 2 aromatic rings. The summed E-state index contributed by atoms with van der Waals surface area (Å²) in [6, 6.07) is 7.34. The van der Waals surface area contributed by atoms with E-state index in [1.54, 1.807) is 19.1 Å². The van der Waals surface area contributed by atoms with Crippen molar-refractivity contribution in [1.82, 2.24) is 4.98 Å². The molecule has 1 heterocycles. The zero-order valence-electron chi connectivity index (χ0n) is 12.3. The van der Waals surface area contributed by atoms with Crippen molar-refractivity contribution >= 4 is 29.2 Å². The van der Waals surface area contributed by atoms with Crippen molar-refractivity contribution in [2.45, 2.75) is 32.6 Å². The van der Waals surface area contributed by atoms with Gasteiger partial charge in [-0.3, -0.25) is 4.79 Å². The molecule has 0 spiro atoms. The van der Waals surface area contributed by atoms with Crippen LogP contribution in [-0.2, 0) is 16.0 Å². The number of aryl methyl sites for hydroxylation is 1. The highest BCUT2D eigenvalue weighted by Gasteiger charge is 2.14. The standard InChI is InChI=1S/C16H17Cl2NO3/c1-2-21-14(20)6-4-3-5-13-15(19-16(18)22-13)11-7-9-12(17)10-8-11/h7-10H,2-6H2,1H3. The molecule has 22 heavy (non-hydrogen) atoms. The number of oxazole rings is 1. The summed E-state index contributed by atoms with van der Waals surface area (Å²) < 4.78 is 10.4. The Morgan fingerprint density at radius 3 is 2.64 bits per heavy atom. The quantitative estimate of drug-likeness (QED) is 0.529. The van der Waals surface area contributed by atoms with E-state index in [1.165, 1.54) is 0 Å². The van der Waals surface area contributed by atoms with Crippen molar-refractivity contribution in [3.63, 3.8) is 0 Å². The van der Waals surface area contributed by atoms with Gasteiger partial charge >= 0.3 is 5.97 Å². The molecule has 1 aromatic heterocycles. The van der Waals surface area contributed by atoms with Crippen LogP contribution in [0.2, 0.25) is 10.4 Å². The summed E-state index contributed by atoms with van der Waals surface area (Å²) in [5.41, 5.74) is 1.62. The van der Waals surface area contributed by atoms with Crippen molar-refractivity contribution in [2.75, 3.05) is 6.61 Å². The van der Waals surface area contributed by atoms with Crippen LogP contribution >= 0.6 is 23.2 Å². The molecule has 0 N–H and O–H groups in total. The van der Waals surface area contributed by atoms with Crippen molar-refractivity contribution in [2.24, 2.45) is 0 Å². The molecule has 0 fully saturated rings. The maximum absolute atomic E-state index is 11.3. The molecular weight excluding hydrogens is 325 g/mol. The highest BCUT2D eigenvalue weighted by Crippen LogP contribution is 2.28. The van der Waals surface area contributed by atoms with Crippen LogP contribution < -0.4 is 0 Å². The molecule has 0 aliphatic rings. The number of esters is 1. The molecule has 2 rings (SSSR count). The third kappa shape index (κ3) is 4.75. The fourth-order valence-corrected chi connectivity index (χ4v) is 2.42. The molecule has 0 aliphatic heterocycles. The average molecular weight is 342 g/mol. The number of benzene rings is 1. The van der Waals surface area contributed by atoms with Gasteiger partial charge in [0.1, 0.15) is 11.5 Å². The van der Waals surface area contributed by atoms with E-state index in [0.29, 0.717) is 24.5 Å². The second-order valence-corrected chi connectivity index (χ2v) is 5.52. The van der Waals surface area contributed by atoms with Crippen molar-refractivity contribution in [1.29, 1.82) is 0 Å². The molecule has 0 radical (unpaired) electrons. The number of nitrogens with zero attached hydrogens (tertiary/aromatic N) is 1. The van der Waals surface area contributed by atoms with Crippen LogP contribution in [0.25, 0.3) is 11.3 Å². The fraction of sp³-hybridized carbons (Fsp3) is 0.375. The highest BCUT2D eigenvalue weighted by molar-refractivity contribution is 6.30. The van der Waals surface area contributed by atoms with Gasteiger partial charge in [-0.25, -0.2) is 0 Å². The SMILES string of the molecule is CCOC(=O)CCCCc1oc(Cl)nc1-c1ccc(Cl)cc1. The van der Waals surface area contributed by atoms with Gasteiger partial charge in [-0.1, -0.05) is 23.7 Å². The van der Waals surface area contributed by atoms with Crippen LogP contribution in [0.3, 0.4) is 0 Å². The number of halogens is 2. The van der Waals surface area contributed by atoms with Gasteiger partial charge in [0.25, 0.3) is 5.35 Å². The fourth-order valence-electron chi connectivity index (χ4n) is 2.11. The zero-order chi connectivity index (χ0) is 15.9. The molecule has 4 nitrogen and oxygen atoms in total. The van der Waals surface area contributed by atoms with E-state index < -0.39 is 0 Å². The highest BCUT2D eigenvalue weighted by atomic mass is 35.5. The first-order chi connectivity index (χ1) is 10.6. The number of hydrogen-bond acceptors (Lipinski definition) is 4. The first-order valence-electron chi connectivity index (χ1n) is 7.17. The molecule has 0 unspecified atom stereocenters. The van der Waals surface area contributed by atoms with E-state index in [1.807, 2.05) is 12.1 Å². The van der Waals surface area contributed by atoms with Gasteiger partial charge in [0.15, 0.2) is 0 Å². The molecule has 1 aromatic carbocycles. The largest absolute Gasteiger partial charge is 0.466 e. The Morgan fingerprint density at radius 1 is 1.23 bits per heavy atom. The second-order valence-electron chi connectivity index (χ2n) is 4.76. The Kier molecular flexibility index (Phi) is 6.28. The van der Waals surface area contributed by atoms with Crippen LogP contribution in [0.15, 0.2) is 28.7 Å². The lowest BCUT2D eigenvalue weighted by Crippen LogP contribution is -2.03. The van der Waals surface area contributed by atoms with Crippen LogP contribution in [-0.4, -0.2) is 17.6 Å². The summed E-state index contributed by atoms with van der Waals surface area (Å²) in [7, 11) is 0. The van der Waals surface area contributed by atoms with Gasteiger partial charge in [0.2, 0.25) is 0 Å². The van der Waals surface area contributed by atoms with E-state index >= 15 is 0 Å². The zero-order valence-corrected chi connectivity index (χ0v) is 13.8. The van der Waals surface area contributed by atoms with E-state index in [4.69, 9.17) is 32.4 Å². The minimum Gasteiger partial charge on any atom is -0.466 e. The average Bonchev–Trinajstić information content (AvgIpc) is 2.86. The van der Waals surface area contributed by atoms with Gasteiger partial charge in [0, 0.05) is 23.4 Å². The predicted molar refractivity (Wildman–Crippen MR) is 86.1 cm³/mol. The molecule has 0 bridgehead atoms. The van der Waals surface area contributed by atoms with Crippen molar-refractivity contribution in [3.05, 3.63) is 40.4 Å². The van der Waals surface area contributed by atoms with Gasteiger partial charge in [-0.05, 0) is 43.5 Å². The summed E-state index contributed by atoms with van der Waals surface area (Å²) >= 11 is 11.8. The summed E-state index contributed by atoms with van der Waals surface area (Å²) in [5, 5.41) is 0.777. The number of rotatable bonds is 7. The number of carbonyl (C=O) groups is 1. The van der Waals surface area contributed by atoms with Crippen molar-refractivity contribution in [3.8, 4) is 11.3 Å². The summed E-state index contributed by atoms with van der Waals surface area (Å²) in [4.78, 5) is 15.5. The Balaban J connectivity index is 1.97. The molecule has 118 valence electrons. The molecule has 0 amide bonds. The van der Waals surface area contributed by atoms with E-state index in [0.717, 1.165) is 29.9 Å². The minimum absolute atomic E-state index is 0.116. The number of carbonyl (C=O) groups excluding carboxylic acids is 1. The molecular formula is C16H17Cl2NO3. The molecule has 0 aliphatic carbocycles. The Morgan fingerprint density at radius 2 is 1.95 bits per heavy atom. The van der Waals surface area contributed by atoms with E-state index in [-0.39, 0.29) is 11.3 Å². The number of aromatic nitrogens is 1. The summed E-state index contributed by atoms with van der Waals surface area (Å²) in [6.45, 7) is 2.21. The third-order valence-electron chi connectivity index (χ3n) is 3.13. The first-order valence-corrected chi connectivity index (χ1v) is 7.92. The van der Waals surface area contributed by atoms with Crippen LogP contribution in [0.5, 0.6) is 0 Å². The lowest BCUT2D eigenvalue weighted by molar-refractivity contribution is -0.143. The molecule has 6 heteroatoms. The normalized spacial score (nSPS) is 10.7. The summed E-state index contributed by atoms with van der Waals surface area (Å²) in [6.07, 6.45) is 2.60. The second kappa shape index (κ2) is 8.20. The maximum atomic E-state index is 11.3. The smallest absolute Gasteiger partial charge is 0.305 e. The van der Waals surface area contributed by atoms with Crippen LogP contribution in [0.1, 0.15) is 31.9 Å². The Labute approximate surface area is 139 Å². The number of ether oxygens (including phenoxy) is 1. The van der Waals surface area contributed by atoms with Gasteiger partial charge in [-0.15, -0.1) is 0 Å². The van der Waals surface area contributed by atoms with Gasteiger partial charge in [-0.2, -0.15) is 4.98 Å². The van der Waals surface area contributed by atoms with E-state index in [2.05, 4.69) is 4.98 Å². The van der Waals surface area contributed by atoms with Gasteiger partial charge in [0.05, 0.1) is 6.61 Å². The van der Waals surface area contributed by atoms with Crippen LogP contribution in [0.4, 0.5) is 0 Å². The maximum Gasteiger partial charge on any atom is 0.305 e. The Hall–Kier alpha value is -1.52. The number of unbranched alkanes of at least 4 members (excludes halogenated alkanes) is 1. The molecule has 0 saturated heterocycles. The van der Waals surface area contributed by atoms with Crippen LogP contribution in [0, 0.1) is 0 Å². The third-order valence-corrected chi connectivity index (χ3v) is 3.54. The monoisotopic (exact) mass is 341 g/mol. The topological polar surface area (TPSA) is 52.3 Å². The predicted octanol–water partition coefficient (Wildman–Crippen LogP) is 4.92. The Bertz CT molecular complexity index is 623. The summed E-state index contributed by atoms with van der Waals surface area (Å²) in [5.74, 6) is 0.548.